The number of aryl methyl sites for hydroxylation is 2. The molecule has 0 atom stereocenters. The highest BCUT2D eigenvalue weighted by atomic mass is 14.6. The topological polar surface area (TPSA) is 26.0 Å². The Hall–Kier alpha value is -0.820. The molecule has 0 bridgehead atoms. The molecule has 0 saturated heterocycles. The first-order valence-electron chi connectivity index (χ1n) is 6.02. The maximum absolute atomic E-state index is 5.96. The first-order chi connectivity index (χ1) is 7.22. The van der Waals surface area contributed by atoms with Gasteiger partial charge in [-0.05, 0) is 42.9 Å². The maximum Gasteiger partial charge on any atom is 0.00782 e. The molecule has 1 fully saturated rings. The highest BCUT2D eigenvalue weighted by molar-refractivity contribution is 5.39. The highest BCUT2D eigenvalue weighted by Crippen LogP contribution is 2.44. The van der Waals surface area contributed by atoms with E-state index >= 15 is 0 Å². The first-order valence-corrected chi connectivity index (χ1v) is 6.02. The van der Waals surface area contributed by atoms with Gasteiger partial charge < -0.3 is 5.73 Å². The van der Waals surface area contributed by atoms with Crippen molar-refractivity contribution in [1.29, 1.82) is 0 Å². The summed E-state index contributed by atoms with van der Waals surface area (Å²) in [7, 11) is 0. The second-order valence-electron chi connectivity index (χ2n) is 4.84. The Morgan fingerprint density at radius 2 is 2.07 bits per heavy atom. The number of rotatable bonds is 3. The molecule has 1 aliphatic carbocycles. The van der Waals surface area contributed by atoms with Crippen molar-refractivity contribution in [1.82, 2.24) is 0 Å². The van der Waals surface area contributed by atoms with Crippen LogP contribution in [0.15, 0.2) is 18.2 Å². The Bertz CT molecular complexity index is 345. The number of nitrogens with two attached hydrogens (primary N) is 1. The van der Waals surface area contributed by atoms with Crippen molar-refractivity contribution in [3.63, 3.8) is 0 Å². The summed E-state index contributed by atoms with van der Waals surface area (Å²) in [6.45, 7) is 5.23. The van der Waals surface area contributed by atoms with E-state index in [-0.39, 0.29) is 0 Å². The Morgan fingerprint density at radius 3 is 2.53 bits per heavy atom. The molecule has 2 rings (SSSR count). The van der Waals surface area contributed by atoms with Crippen molar-refractivity contribution in [3.05, 3.63) is 34.9 Å². The van der Waals surface area contributed by atoms with Gasteiger partial charge in [0, 0.05) is 12.0 Å². The van der Waals surface area contributed by atoms with Crippen molar-refractivity contribution >= 4 is 0 Å². The largest absolute Gasteiger partial charge is 0.330 e. The lowest BCUT2D eigenvalue weighted by atomic mass is 9.63. The van der Waals surface area contributed by atoms with Crippen LogP contribution >= 0.6 is 0 Å². The van der Waals surface area contributed by atoms with Gasteiger partial charge in [0.1, 0.15) is 0 Å². The minimum Gasteiger partial charge on any atom is -0.330 e. The molecule has 0 radical (unpaired) electrons. The summed E-state index contributed by atoms with van der Waals surface area (Å²) in [4.78, 5) is 0. The fraction of sp³-hybridized carbons (Fsp3) is 0.571. The fourth-order valence-electron chi connectivity index (χ4n) is 2.65. The van der Waals surface area contributed by atoms with E-state index in [9.17, 15) is 0 Å². The molecule has 15 heavy (non-hydrogen) atoms. The lowest BCUT2D eigenvalue weighted by molar-refractivity contribution is 0.252. The van der Waals surface area contributed by atoms with Gasteiger partial charge >= 0.3 is 0 Å². The van der Waals surface area contributed by atoms with E-state index in [4.69, 9.17) is 5.73 Å². The molecule has 0 heterocycles. The molecular formula is C14H21N. The van der Waals surface area contributed by atoms with Gasteiger partial charge in [-0.15, -0.1) is 0 Å². The van der Waals surface area contributed by atoms with Crippen molar-refractivity contribution < 1.29 is 0 Å². The van der Waals surface area contributed by atoms with Gasteiger partial charge in [-0.1, -0.05) is 31.5 Å². The van der Waals surface area contributed by atoms with E-state index in [1.165, 1.54) is 36.0 Å². The molecule has 2 N–H and O–H groups in total. The lowest BCUT2D eigenvalue weighted by Crippen LogP contribution is -2.42. The van der Waals surface area contributed by atoms with Crippen LogP contribution in [0, 0.1) is 6.92 Å². The first kappa shape index (κ1) is 10.7. The van der Waals surface area contributed by atoms with Gasteiger partial charge in [-0.2, -0.15) is 0 Å². The molecule has 0 unspecified atom stereocenters. The number of benzene rings is 1. The quantitative estimate of drug-likeness (QED) is 0.803. The summed E-state index contributed by atoms with van der Waals surface area (Å²) in [5, 5.41) is 0. The van der Waals surface area contributed by atoms with Crippen LogP contribution < -0.4 is 5.73 Å². The normalized spacial score (nSPS) is 18.6. The Kier molecular flexibility index (Phi) is 2.83. The van der Waals surface area contributed by atoms with Crippen LogP contribution in [0.25, 0.3) is 0 Å². The Labute approximate surface area is 92.7 Å². The minimum absolute atomic E-state index is 0.315. The molecule has 0 aliphatic heterocycles. The average Bonchev–Trinajstić information content (AvgIpc) is 2.20. The van der Waals surface area contributed by atoms with E-state index in [1.54, 1.807) is 0 Å². The van der Waals surface area contributed by atoms with E-state index in [1.807, 2.05) is 0 Å². The molecular weight excluding hydrogens is 182 g/mol. The molecule has 1 saturated carbocycles. The van der Waals surface area contributed by atoms with Gasteiger partial charge in [-0.25, -0.2) is 0 Å². The van der Waals surface area contributed by atoms with Crippen LogP contribution in [-0.4, -0.2) is 6.54 Å². The molecule has 1 aromatic rings. The molecule has 0 aromatic heterocycles. The summed E-state index contributed by atoms with van der Waals surface area (Å²) in [5.74, 6) is 0. The van der Waals surface area contributed by atoms with E-state index in [2.05, 4.69) is 32.0 Å². The Morgan fingerprint density at radius 1 is 1.33 bits per heavy atom. The SMILES string of the molecule is CCc1ccc(C)c(C2(CN)CCC2)c1. The van der Waals surface area contributed by atoms with Crippen LogP contribution in [0.1, 0.15) is 42.9 Å². The molecule has 82 valence electrons. The van der Waals surface area contributed by atoms with Crippen molar-refractivity contribution in [2.24, 2.45) is 5.73 Å². The number of hydrogen-bond donors (Lipinski definition) is 1. The van der Waals surface area contributed by atoms with E-state index < -0.39 is 0 Å². The second-order valence-corrected chi connectivity index (χ2v) is 4.84. The summed E-state index contributed by atoms with van der Waals surface area (Å²) >= 11 is 0. The van der Waals surface area contributed by atoms with Crippen LogP contribution in [0.3, 0.4) is 0 Å². The van der Waals surface area contributed by atoms with Crippen molar-refractivity contribution in [3.8, 4) is 0 Å². The molecule has 1 nitrogen and oxygen atoms in total. The smallest absolute Gasteiger partial charge is 0.00782 e. The molecule has 1 aromatic carbocycles. The third kappa shape index (κ3) is 1.69. The zero-order chi connectivity index (χ0) is 10.9. The van der Waals surface area contributed by atoms with Crippen molar-refractivity contribution in [2.45, 2.75) is 44.9 Å². The Balaban J connectivity index is 2.41. The predicted molar refractivity (Wildman–Crippen MR) is 65.1 cm³/mol. The third-order valence-electron chi connectivity index (χ3n) is 3.98. The zero-order valence-electron chi connectivity index (χ0n) is 9.84. The molecule has 1 aliphatic rings. The van der Waals surface area contributed by atoms with Gasteiger partial charge in [0.25, 0.3) is 0 Å². The van der Waals surface area contributed by atoms with Crippen LogP contribution in [-0.2, 0) is 11.8 Å². The summed E-state index contributed by atoms with van der Waals surface area (Å²) in [6, 6.07) is 6.87. The molecule has 0 amide bonds. The standard InChI is InChI=1S/C14H21N/c1-3-12-6-5-11(2)13(9-12)14(10-15)7-4-8-14/h5-6,9H,3-4,7-8,10,15H2,1-2H3. The number of hydrogen-bond acceptors (Lipinski definition) is 1. The van der Waals surface area contributed by atoms with E-state index in [0.717, 1.165) is 13.0 Å². The van der Waals surface area contributed by atoms with Crippen molar-refractivity contribution in [2.75, 3.05) is 6.54 Å². The van der Waals surface area contributed by atoms with Gasteiger partial charge in [-0.3, -0.25) is 0 Å². The van der Waals surface area contributed by atoms with Crippen LogP contribution in [0.2, 0.25) is 0 Å². The fourth-order valence-corrected chi connectivity index (χ4v) is 2.65. The maximum atomic E-state index is 5.96. The predicted octanol–water partition coefficient (Wildman–Crippen LogP) is 2.94. The summed E-state index contributed by atoms with van der Waals surface area (Å²) in [5.41, 5.74) is 10.6. The van der Waals surface area contributed by atoms with Gasteiger partial charge in [0.15, 0.2) is 0 Å². The van der Waals surface area contributed by atoms with Gasteiger partial charge in [0.05, 0.1) is 0 Å². The minimum atomic E-state index is 0.315. The monoisotopic (exact) mass is 203 g/mol. The van der Waals surface area contributed by atoms with Gasteiger partial charge in [0.2, 0.25) is 0 Å². The molecule has 1 heteroatoms. The third-order valence-corrected chi connectivity index (χ3v) is 3.98. The molecule has 0 spiro atoms. The van der Waals surface area contributed by atoms with Crippen LogP contribution in [0.5, 0.6) is 0 Å². The van der Waals surface area contributed by atoms with E-state index in [0.29, 0.717) is 5.41 Å². The highest BCUT2D eigenvalue weighted by Gasteiger charge is 2.38. The summed E-state index contributed by atoms with van der Waals surface area (Å²) in [6.07, 6.45) is 5.01. The zero-order valence-corrected chi connectivity index (χ0v) is 9.84. The summed E-state index contributed by atoms with van der Waals surface area (Å²) < 4.78 is 0. The van der Waals surface area contributed by atoms with Crippen LogP contribution in [0.4, 0.5) is 0 Å². The second kappa shape index (κ2) is 3.97. The lowest BCUT2D eigenvalue weighted by Gasteiger charge is -2.42. The average molecular weight is 203 g/mol.